The molecular formula is C17H12F2S2. The van der Waals surface area contributed by atoms with Crippen LogP contribution < -0.4 is 0 Å². The van der Waals surface area contributed by atoms with Crippen molar-refractivity contribution < 1.29 is 8.78 Å². The second-order valence-electron chi connectivity index (χ2n) is 5.54. The van der Waals surface area contributed by atoms with Gasteiger partial charge in [0.05, 0.1) is 0 Å². The number of hydrogen-bond donors (Lipinski definition) is 0. The Hall–Kier alpha value is -1.52. The Balaban J connectivity index is 1.89. The molecule has 2 aromatic heterocycles. The van der Waals surface area contributed by atoms with E-state index < -0.39 is 11.6 Å². The molecule has 0 nitrogen and oxygen atoms in total. The Morgan fingerprint density at radius 2 is 1.43 bits per heavy atom. The zero-order chi connectivity index (χ0) is 14.6. The van der Waals surface area contributed by atoms with Gasteiger partial charge in [-0.05, 0) is 52.6 Å². The van der Waals surface area contributed by atoms with Crippen molar-refractivity contribution in [3.8, 4) is 9.75 Å². The van der Waals surface area contributed by atoms with E-state index in [0.717, 1.165) is 0 Å². The van der Waals surface area contributed by atoms with Crippen molar-refractivity contribution in [2.24, 2.45) is 0 Å². The average Bonchev–Trinajstić information content (AvgIpc) is 3.12. The summed E-state index contributed by atoms with van der Waals surface area (Å²) in [6.45, 7) is 2.09. The van der Waals surface area contributed by atoms with Gasteiger partial charge in [-0.2, -0.15) is 0 Å². The second-order valence-corrected chi connectivity index (χ2v) is 7.37. The molecule has 1 aromatic carbocycles. The molecule has 0 unspecified atom stereocenters. The first-order chi connectivity index (χ1) is 10.1. The lowest BCUT2D eigenvalue weighted by Crippen LogP contribution is -2.24. The first kappa shape index (κ1) is 13.2. The summed E-state index contributed by atoms with van der Waals surface area (Å²) < 4.78 is 28.1. The van der Waals surface area contributed by atoms with Gasteiger partial charge in [-0.15, -0.1) is 22.7 Å². The fourth-order valence-corrected chi connectivity index (χ4v) is 5.47. The van der Waals surface area contributed by atoms with E-state index >= 15 is 0 Å². The van der Waals surface area contributed by atoms with Gasteiger partial charge in [-0.25, -0.2) is 8.78 Å². The van der Waals surface area contributed by atoms with E-state index in [9.17, 15) is 8.78 Å². The number of hydrogen-bond acceptors (Lipinski definition) is 2. The lowest BCUT2D eigenvalue weighted by molar-refractivity contribution is 0.506. The highest BCUT2D eigenvalue weighted by Gasteiger charge is 2.42. The summed E-state index contributed by atoms with van der Waals surface area (Å²) in [5.41, 5.74) is 2.21. The van der Waals surface area contributed by atoms with Crippen molar-refractivity contribution >= 4 is 22.7 Å². The van der Waals surface area contributed by atoms with Gasteiger partial charge in [0, 0.05) is 20.7 Å². The summed E-state index contributed by atoms with van der Waals surface area (Å²) in [6.07, 6.45) is 0.346. The lowest BCUT2D eigenvalue weighted by atomic mass is 9.76. The molecule has 0 amide bonds. The molecule has 1 aliphatic carbocycles. The van der Waals surface area contributed by atoms with E-state index in [1.165, 1.54) is 39.1 Å². The Kier molecular flexibility index (Phi) is 2.81. The summed E-state index contributed by atoms with van der Waals surface area (Å²) in [7, 11) is 0. The Bertz CT molecular complexity index is 768. The van der Waals surface area contributed by atoms with Crippen LogP contribution in [0.1, 0.15) is 23.6 Å². The number of fused-ring (bicyclic) bond motifs is 3. The summed E-state index contributed by atoms with van der Waals surface area (Å²) in [5.74, 6) is -0.923. The van der Waals surface area contributed by atoms with Crippen LogP contribution >= 0.6 is 22.7 Å². The van der Waals surface area contributed by atoms with Crippen LogP contribution in [0.3, 0.4) is 0 Å². The van der Waals surface area contributed by atoms with Gasteiger partial charge in [0.25, 0.3) is 0 Å². The van der Waals surface area contributed by atoms with Gasteiger partial charge < -0.3 is 0 Å². The molecule has 0 radical (unpaired) electrons. The van der Waals surface area contributed by atoms with E-state index in [2.05, 4.69) is 29.8 Å². The summed E-state index contributed by atoms with van der Waals surface area (Å²) in [4.78, 5) is 2.50. The molecule has 0 spiro atoms. The fraction of sp³-hybridized carbons (Fsp3) is 0.176. The second kappa shape index (κ2) is 4.49. The van der Waals surface area contributed by atoms with E-state index in [1.807, 2.05) is 0 Å². The topological polar surface area (TPSA) is 0 Å². The Labute approximate surface area is 129 Å². The molecular weight excluding hydrogens is 306 g/mol. The maximum atomic E-state index is 14.0. The van der Waals surface area contributed by atoms with E-state index in [0.29, 0.717) is 6.42 Å². The van der Waals surface area contributed by atoms with Crippen LogP contribution in [-0.4, -0.2) is 0 Å². The molecule has 4 heteroatoms. The van der Waals surface area contributed by atoms with Crippen molar-refractivity contribution in [1.82, 2.24) is 0 Å². The van der Waals surface area contributed by atoms with Crippen molar-refractivity contribution in [2.45, 2.75) is 18.8 Å². The summed E-state index contributed by atoms with van der Waals surface area (Å²) >= 11 is 3.41. The molecule has 0 N–H and O–H groups in total. The molecule has 0 saturated heterocycles. The maximum absolute atomic E-state index is 14.0. The predicted molar refractivity (Wildman–Crippen MR) is 84.1 cm³/mol. The molecule has 0 fully saturated rings. The number of rotatable bonds is 2. The van der Waals surface area contributed by atoms with Crippen molar-refractivity contribution in [3.63, 3.8) is 0 Å². The predicted octanol–water partition coefficient (Wildman–Crippen LogP) is 5.62. The third-order valence-electron chi connectivity index (χ3n) is 4.32. The van der Waals surface area contributed by atoms with Gasteiger partial charge >= 0.3 is 0 Å². The number of halogens is 2. The highest BCUT2D eigenvalue weighted by Crippen LogP contribution is 2.55. The first-order valence-corrected chi connectivity index (χ1v) is 8.46. The van der Waals surface area contributed by atoms with Gasteiger partial charge in [0.1, 0.15) is 11.6 Å². The summed E-state index contributed by atoms with van der Waals surface area (Å²) in [6, 6.07) is 8.26. The lowest BCUT2D eigenvalue weighted by Gasteiger charge is -2.26. The smallest absolute Gasteiger partial charge is 0.129 e. The maximum Gasteiger partial charge on any atom is 0.129 e. The monoisotopic (exact) mass is 318 g/mol. The SMILES string of the molecule is CC1(Cc2c(F)cccc2F)c2ccsc2-c2sccc21. The molecule has 106 valence electrons. The third-order valence-corrected chi connectivity index (χ3v) is 6.31. The molecule has 2 heterocycles. The van der Waals surface area contributed by atoms with Crippen LogP contribution in [-0.2, 0) is 11.8 Å². The van der Waals surface area contributed by atoms with Crippen LogP contribution in [0.2, 0.25) is 0 Å². The highest BCUT2D eigenvalue weighted by molar-refractivity contribution is 7.21. The first-order valence-electron chi connectivity index (χ1n) is 6.70. The Morgan fingerprint density at radius 1 is 0.905 bits per heavy atom. The zero-order valence-electron chi connectivity index (χ0n) is 11.3. The number of benzene rings is 1. The highest BCUT2D eigenvalue weighted by atomic mass is 32.1. The average molecular weight is 318 g/mol. The molecule has 0 saturated carbocycles. The van der Waals surface area contributed by atoms with E-state index in [-0.39, 0.29) is 11.0 Å². The van der Waals surface area contributed by atoms with Crippen molar-refractivity contribution in [3.05, 3.63) is 69.4 Å². The molecule has 0 aliphatic heterocycles. The van der Waals surface area contributed by atoms with Crippen molar-refractivity contribution in [2.75, 3.05) is 0 Å². The molecule has 0 bridgehead atoms. The van der Waals surface area contributed by atoms with E-state index in [1.54, 1.807) is 22.7 Å². The van der Waals surface area contributed by atoms with Gasteiger partial charge in [-0.3, -0.25) is 0 Å². The zero-order valence-corrected chi connectivity index (χ0v) is 13.0. The normalized spacial score (nSPS) is 15.0. The molecule has 21 heavy (non-hydrogen) atoms. The number of thiophene rings is 2. The third kappa shape index (κ3) is 1.75. The van der Waals surface area contributed by atoms with Crippen LogP contribution in [0.25, 0.3) is 9.75 Å². The standard InChI is InChI=1S/C17H12F2S2/c1-17(9-10-13(18)3-2-4-14(10)19)11-5-7-20-15(11)16-12(17)6-8-21-16/h2-8H,9H2,1H3. The largest absolute Gasteiger partial charge is 0.207 e. The minimum atomic E-state index is -0.461. The minimum absolute atomic E-state index is 0.177. The minimum Gasteiger partial charge on any atom is -0.207 e. The molecule has 3 aromatic rings. The van der Waals surface area contributed by atoms with Crippen LogP contribution in [0.4, 0.5) is 8.78 Å². The van der Waals surface area contributed by atoms with Crippen molar-refractivity contribution in [1.29, 1.82) is 0 Å². The quantitative estimate of drug-likeness (QED) is 0.575. The Morgan fingerprint density at radius 3 is 1.95 bits per heavy atom. The van der Waals surface area contributed by atoms with Gasteiger partial charge in [-0.1, -0.05) is 13.0 Å². The van der Waals surface area contributed by atoms with Crippen LogP contribution in [0.15, 0.2) is 41.1 Å². The molecule has 4 rings (SSSR count). The molecule has 1 aliphatic rings. The summed E-state index contributed by atoms with van der Waals surface area (Å²) in [5, 5.41) is 4.12. The van der Waals surface area contributed by atoms with E-state index in [4.69, 9.17) is 0 Å². The fourth-order valence-electron chi connectivity index (χ4n) is 3.23. The van der Waals surface area contributed by atoms with Gasteiger partial charge in [0.15, 0.2) is 0 Å². The van der Waals surface area contributed by atoms with Gasteiger partial charge in [0.2, 0.25) is 0 Å². The molecule has 0 atom stereocenters. The van der Waals surface area contributed by atoms with Crippen LogP contribution in [0, 0.1) is 11.6 Å². The van der Waals surface area contributed by atoms with Crippen LogP contribution in [0.5, 0.6) is 0 Å².